The van der Waals surface area contributed by atoms with Crippen LogP contribution in [0.15, 0.2) is 21.6 Å². The zero-order chi connectivity index (χ0) is 17.9. The van der Waals surface area contributed by atoms with Gasteiger partial charge in [0.15, 0.2) is 0 Å². The van der Waals surface area contributed by atoms with Crippen LogP contribution in [0, 0.1) is 6.92 Å². The van der Waals surface area contributed by atoms with Gasteiger partial charge in [-0.25, -0.2) is 4.98 Å². The van der Waals surface area contributed by atoms with E-state index in [1.165, 1.54) is 17.5 Å². The third-order valence-corrected chi connectivity index (χ3v) is 5.01. The van der Waals surface area contributed by atoms with E-state index < -0.39 is 0 Å². The lowest BCUT2D eigenvalue weighted by molar-refractivity contribution is -0.116. The number of carbonyl (C=O) groups excluding carboxylic acids is 1. The molecule has 24 heavy (non-hydrogen) atoms. The molecule has 0 fully saturated rings. The first-order valence-electron chi connectivity index (χ1n) is 8.23. The van der Waals surface area contributed by atoms with Gasteiger partial charge in [-0.05, 0) is 26.0 Å². The van der Waals surface area contributed by atoms with Gasteiger partial charge in [-0.2, -0.15) is 0 Å². The molecule has 0 aliphatic heterocycles. The van der Waals surface area contributed by atoms with E-state index in [-0.39, 0.29) is 18.7 Å². The van der Waals surface area contributed by atoms with Crippen molar-refractivity contribution in [2.75, 3.05) is 12.4 Å². The van der Waals surface area contributed by atoms with Crippen molar-refractivity contribution in [3.63, 3.8) is 0 Å². The number of thioether (sulfide) groups is 1. The van der Waals surface area contributed by atoms with Gasteiger partial charge in [0.1, 0.15) is 5.82 Å². The SMILES string of the molecule is CCCCCS/C(CCO)=C(/C)N(C=O)Cc1cnc(C)[nH]c1=O. The maximum absolute atomic E-state index is 12.0. The monoisotopic (exact) mass is 353 g/mol. The van der Waals surface area contributed by atoms with Crippen molar-refractivity contribution in [3.05, 3.63) is 38.5 Å². The van der Waals surface area contributed by atoms with Gasteiger partial charge < -0.3 is 15.0 Å². The van der Waals surface area contributed by atoms with Crippen LogP contribution in [0.3, 0.4) is 0 Å². The van der Waals surface area contributed by atoms with E-state index in [9.17, 15) is 14.7 Å². The number of aromatic nitrogens is 2. The highest BCUT2D eigenvalue weighted by atomic mass is 32.2. The Hall–Kier alpha value is -1.60. The van der Waals surface area contributed by atoms with Crippen LogP contribution < -0.4 is 5.56 Å². The molecule has 0 aliphatic carbocycles. The van der Waals surface area contributed by atoms with Crippen LogP contribution in [-0.4, -0.2) is 38.7 Å². The largest absolute Gasteiger partial charge is 0.396 e. The van der Waals surface area contributed by atoms with E-state index >= 15 is 0 Å². The number of unbranched alkanes of at least 4 members (excludes halogenated alkanes) is 2. The minimum Gasteiger partial charge on any atom is -0.396 e. The molecule has 1 aromatic heterocycles. The first kappa shape index (κ1) is 20.4. The number of nitrogens with zero attached hydrogens (tertiary/aromatic N) is 2. The molecule has 0 saturated heterocycles. The van der Waals surface area contributed by atoms with Gasteiger partial charge in [0.25, 0.3) is 5.56 Å². The van der Waals surface area contributed by atoms with Crippen LogP contribution in [0.2, 0.25) is 0 Å². The second-order valence-corrected chi connectivity index (χ2v) is 6.78. The molecule has 0 atom stereocenters. The number of hydrogen-bond acceptors (Lipinski definition) is 5. The Bertz CT molecular complexity index is 613. The second kappa shape index (κ2) is 11.0. The number of nitrogens with one attached hydrogen (secondary N) is 1. The minimum atomic E-state index is -0.235. The number of amides is 1. The molecular weight excluding hydrogens is 326 g/mol. The van der Waals surface area contributed by atoms with E-state index in [2.05, 4.69) is 16.9 Å². The lowest BCUT2D eigenvalue weighted by atomic mass is 10.2. The van der Waals surface area contributed by atoms with E-state index in [0.29, 0.717) is 17.8 Å². The Labute approximate surface area is 147 Å². The molecular formula is C17H27N3O3S. The van der Waals surface area contributed by atoms with Crippen molar-refractivity contribution in [1.29, 1.82) is 0 Å². The van der Waals surface area contributed by atoms with E-state index in [1.807, 2.05) is 6.92 Å². The highest BCUT2D eigenvalue weighted by Gasteiger charge is 2.13. The molecule has 2 N–H and O–H groups in total. The van der Waals surface area contributed by atoms with Crippen molar-refractivity contribution in [2.45, 2.75) is 53.0 Å². The molecule has 6 nitrogen and oxygen atoms in total. The summed E-state index contributed by atoms with van der Waals surface area (Å²) in [5, 5.41) is 9.29. The number of aryl methyl sites for hydroxylation is 1. The smallest absolute Gasteiger partial charge is 0.255 e. The van der Waals surface area contributed by atoms with Gasteiger partial charge >= 0.3 is 0 Å². The Morgan fingerprint density at radius 3 is 2.79 bits per heavy atom. The summed E-state index contributed by atoms with van der Waals surface area (Å²) < 4.78 is 0. The summed E-state index contributed by atoms with van der Waals surface area (Å²) in [6.45, 7) is 5.92. The average molecular weight is 353 g/mol. The fraction of sp³-hybridized carbons (Fsp3) is 0.588. The first-order chi connectivity index (χ1) is 11.5. The number of aliphatic hydroxyl groups excluding tert-OH is 1. The Kier molecular flexibility index (Phi) is 9.41. The molecule has 0 saturated carbocycles. The summed E-state index contributed by atoms with van der Waals surface area (Å²) in [4.78, 5) is 32.7. The number of rotatable bonds is 11. The first-order valence-corrected chi connectivity index (χ1v) is 9.22. The Morgan fingerprint density at radius 1 is 1.46 bits per heavy atom. The predicted molar refractivity (Wildman–Crippen MR) is 97.6 cm³/mol. The standard InChI is InChI=1S/C17H27N3O3S/c1-4-5-6-9-24-16(7-8-21)13(2)20(12-22)11-15-10-18-14(3)19-17(15)23/h10,12,21H,4-9,11H2,1-3H3,(H,18,19,23)/b16-13-. The van der Waals surface area contributed by atoms with Crippen molar-refractivity contribution < 1.29 is 9.90 Å². The van der Waals surface area contributed by atoms with Crippen molar-refractivity contribution in [3.8, 4) is 0 Å². The zero-order valence-electron chi connectivity index (χ0n) is 14.7. The zero-order valence-corrected chi connectivity index (χ0v) is 15.5. The number of H-pyrrole nitrogens is 1. The highest BCUT2D eigenvalue weighted by Crippen LogP contribution is 2.26. The average Bonchev–Trinajstić information content (AvgIpc) is 2.56. The molecule has 0 radical (unpaired) electrons. The molecule has 7 heteroatoms. The van der Waals surface area contributed by atoms with Gasteiger partial charge in [-0.15, -0.1) is 11.8 Å². The van der Waals surface area contributed by atoms with Gasteiger partial charge in [-0.1, -0.05) is 19.8 Å². The van der Waals surface area contributed by atoms with Gasteiger partial charge in [0, 0.05) is 29.8 Å². The molecule has 0 aliphatic rings. The lowest BCUT2D eigenvalue weighted by Crippen LogP contribution is -2.26. The van der Waals surface area contributed by atoms with Crippen molar-refractivity contribution in [1.82, 2.24) is 14.9 Å². The fourth-order valence-electron chi connectivity index (χ4n) is 2.21. The number of aliphatic hydroxyl groups is 1. The molecule has 0 unspecified atom stereocenters. The lowest BCUT2D eigenvalue weighted by Gasteiger charge is -2.21. The van der Waals surface area contributed by atoms with Crippen molar-refractivity contribution >= 4 is 18.2 Å². The van der Waals surface area contributed by atoms with Crippen LogP contribution in [0.1, 0.15) is 50.9 Å². The number of carbonyl (C=O) groups is 1. The minimum absolute atomic E-state index is 0.0345. The molecule has 0 spiro atoms. The topological polar surface area (TPSA) is 86.3 Å². The number of hydrogen-bond donors (Lipinski definition) is 2. The molecule has 1 heterocycles. The van der Waals surface area contributed by atoms with Crippen LogP contribution in [-0.2, 0) is 11.3 Å². The quantitative estimate of drug-likeness (QED) is 0.472. The van der Waals surface area contributed by atoms with Gasteiger partial charge in [0.05, 0.1) is 12.1 Å². The fourth-order valence-corrected chi connectivity index (χ4v) is 3.36. The van der Waals surface area contributed by atoms with Crippen LogP contribution in [0.5, 0.6) is 0 Å². The van der Waals surface area contributed by atoms with Crippen LogP contribution >= 0.6 is 11.8 Å². The summed E-state index contributed by atoms with van der Waals surface area (Å²) in [5.74, 6) is 1.50. The van der Waals surface area contributed by atoms with E-state index in [0.717, 1.165) is 35.6 Å². The third-order valence-electron chi connectivity index (χ3n) is 3.67. The maximum atomic E-state index is 12.0. The predicted octanol–water partition coefficient (Wildman–Crippen LogP) is 2.57. The van der Waals surface area contributed by atoms with Crippen LogP contribution in [0.25, 0.3) is 0 Å². The molecule has 1 rings (SSSR count). The number of allylic oxidation sites excluding steroid dienone is 1. The second-order valence-electron chi connectivity index (χ2n) is 5.59. The van der Waals surface area contributed by atoms with Gasteiger partial charge in [0.2, 0.25) is 6.41 Å². The molecule has 134 valence electrons. The summed E-state index contributed by atoms with van der Waals surface area (Å²) in [6.07, 6.45) is 6.15. The molecule has 1 amide bonds. The highest BCUT2D eigenvalue weighted by molar-refractivity contribution is 8.03. The Balaban J connectivity index is 2.91. The normalized spacial score (nSPS) is 12.0. The molecule has 0 aromatic carbocycles. The molecule has 1 aromatic rings. The summed E-state index contributed by atoms with van der Waals surface area (Å²) in [5.41, 5.74) is 0.980. The van der Waals surface area contributed by atoms with Gasteiger partial charge in [-0.3, -0.25) is 9.59 Å². The maximum Gasteiger partial charge on any atom is 0.255 e. The summed E-state index contributed by atoms with van der Waals surface area (Å²) >= 11 is 1.67. The summed E-state index contributed by atoms with van der Waals surface area (Å²) in [7, 11) is 0. The molecule has 0 bridgehead atoms. The van der Waals surface area contributed by atoms with Crippen molar-refractivity contribution in [2.24, 2.45) is 0 Å². The van der Waals surface area contributed by atoms with E-state index in [1.54, 1.807) is 18.7 Å². The van der Waals surface area contributed by atoms with Crippen LogP contribution in [0.4, 0.5) is 0 Å². The Morgan fingerprint density at radius 2 is 2.21 bits per heavy atom. The third kappa shape index (κ3) is 6.49. The summed E-state index contributed by atoms with van der Waals surface area (Å²) in [6, 6.07) is 0. The van der Waals surface area contributed by atoms with E-state index in [4.69, 9.17) is 0 Å². The number of aromatic amines is 1.